The molecule has 47 heavy (non-hydrogen) atoms. The fourth-order valence-corrected chi connectivity index (χ4v) is 8.06. The van der Waals surface area contributed by atoms with Crippen molar-refractivity contribution < 1.29 is 18.8 Å². The fourth-order valence-electron chi connectivity index (χ4n) is 6.31. The van der Waals surface area contributed by atoms with Crippen LogP contribution in [0.15, 0.2) is 47.2 Å². The third-order valence-electron chi connectivity index (χ3n) is 8.61. The molecule has 14 heteroatoms. The average molecular weight is 724 g/mol. The first-order chi connectivity index (χ1) is 22.7. The van der Waals surface area contributed by atoms with Gasteiger partial charge in [0.15, 0.2) is 0 Å². The van der Waals surface area contributed by atoms with Gasteiger partial charge in [-0.15, -0.1) is 0 Å². The number of ether oxygens (including phenoxy) is 2. The number of anilines is 5. The highest BCUT2D eigenvalue weighted by atomic mass is 79.9. The lowest BCUT2D eigenvalue weighted by molar-refractivity contribution is 0.0945. The van der Waals surface area contributed by atoms with Crippen molar-refractivity contribution in [3.8, 4) is 5.88 Å². The number of aryl methyl sites for hydroxylation is 1. The van der Waals surface area contributed by atoms with Gasteiger partial charge in [-0.25, -0.2) is 9.78 Å². The highest BCUT2D eigenvalue weighted by molar-refractivity contribution is 9.10. The molecule has 248 valence electrons. The number of para-hydroxylation sites is 1. The van der Waals surface area contributed by atoms with Crippen molar-refractivity contribution in [2.24, 2.45) is 0 Å². The molecule has 4 aromatic rings. The summed E-state index contributed by atoms with van der Waals surface area (Å²) in [6.07, 6.45) is 7.51. The van der Waals surface area contributed by atoms with E-state index in [9.17, 15) is 9.36 Å². The Labute approximate surface area is 283 Å². The number of pyridine rings is 2. The highest BCUT2D eigenvalue weighted by Crippen LogP contribution is 2.41. The molecule has 0 atom stereocenters. The van der Waals surface area contributed by atoms with E-state index in [4.69, 9.17) is 19.4 Å². The number of rotatable bonds is 9. The minimum absolute atomic E-state index is 0.171. The number of amides is 1. The van der Waals surface area contributed by atoms with Crippen molar-refractivity contribution >= 4 is 74.3 Å². The van der Waals surface area contributed by atoms with Crippen LogP contribution in [0.5, 0.6) is 5.88 Å². The Morgan fingerprint density at radius 3 is 2.57 bits per heavy atom. The molecule has 0 saturated carbocycles. The van der Waals surface area contributed by atoms with Crippen molar-refractivity contribution in [3.05, 3.63) is 52.8 Å². The van der Waals surface area contributed by atoms with E-state index < -0.39 is 7.14 Å². The van der Waals surface area contributed by atoms with Gasteiger partial charge in [-0.1, -0.05) is 25.1 Å². The smallest absolute Gasteiger partial charge is 0.410 e. The predicted octanol–water partition coefficient (Wildman–Crippen LogP) is 6.69. The number of fused-ring (bicyclic) bond motifs is 1. The monoisotopic (exact) mass is 722 g/mol. The lowest BCUT2D eigenvalue weighted by Crippen LogP contribution is -2.47. The minimum atomic E-state index is -2.70. The number of benzene rings is 1. The molecule has 0 radical (unpaired) electrons. The fraction of sp³-hybridized carbons (Fsp3) is 0.424. The largest absolute Gasteiger partial charge is 0.479 e. The molecule has 2 aliphatic heterocycles. The molecule has 12 nitrogen and oxygen atoms in total. The molecule has 0 spiro atoms. The molecule has 6 rings (SSSR count). The van der Waals surface area contributed by atoms with E-state index in [0.29, 0.717) is 45.4 Å². The maximum atomic E-state index is 13.5. The molecular formula is C33H40BrN8O4P. The van der Waals surface area contributed by atoms with E-state index in [2.05, 4.69) is 48.4 Å². The van der Waals surface area contributed by atoms with E-state index in [1.807, 2.05) is 35.2 Å². The Hall–Kier alpha value is -3.96. The number of piperidine rings is 1. The van der Waals surface area contributed by atoms with Crippen molar-refractivity contribution in [3.63, 3.8) is 0 Å². The second-order valence-corrected chi connectivity index (χ2v) is 16.1. The summed E-state index contributed by atoms with van der Waals surface area (Å²) in [5.41, 5.74) is 3.10. The molecule has 0 unspecified atom stereocenters. The maximum absolute atomic E-state index is 13.5. The summed E-state index contributed by atoms with van der Waals surface area (Å²) in [7, 11) is -1.11. The van der Waals surface area contributed by atoms with Gasteiger partial charge in [0.05, 0.1) is 35.6 Å². The van der Waals surface area contributed by atoms with E-state index in [1.54, 1.807) is 32.8 Å². The normalized spacial score (nSPS) is 16.1. The topological polar surface area (TPSA) is 135 Å². The number of hydrogen-bond acceptors (Lipinski definition) is 11. The minimum Gasteiger partial charge on any atom is -0.479 e. The Morgan fingerprint density at radius 2 is 1.83 bits per heavy atom. The van der Waals surface area contributed by atoms with E-state index in [-0.39, 0.29) is 12.1 Å². The zero-order valence-electron chi connectivity index (χ0n) is 27.1. The van der Waals surface area contributed by atoms with Crippen LogP contribution >= 0.6 is 23.1 Å². The quantitative estimate of drug-likeness (QED) is 0.179. The third-order valence-corrected chi connectivity index (χ3v) is 10.7. The molecule has 5 heterocycles. The van der Waals surface area contributed by atoms with Gasteiger partial charge >= 0.3 is 6.09 Å². The number of carbonyl (C=O) groups is 1. The van der Waals surface area contributed by atoms with Crippen LogP contribution in [0, 0.1) is 0 Å². The van der Waals surface area contributed by atoms with Gasteiger partial charge in [0.2, 0.25) is 11.8 Å². The number of hydrogen-bond donors (Lipinski definition) is 2. The van der Waals surface area contributed by atoms with Gasteiger partial charge in [0.1, 0.15) is 24.5 Å². The third kappa shape index (κ3) is 7.16. The van der Waals surface area contributed by atoms with Crippen molar-refractivity contribution in [1.82, 2.24) is 24.8 Å². The zero-order chi connectivity index (χ0) is 33.1. The van der Waals surface area contributed by atoms with Gasteiger partial charge in [-0.3, -0.25) is 4.98 Å². The molecule has 1 aromatic carbocycles. The Kier molecular flexibility index (Phi) is 9.84. The van der Waals surface area contributed by atoms with Crippen LogP contribution in [-0.2, 0) is 15.7 Å². The van der Waals surface area contributed by atoms with E-state index in [0.717, 1.165) is 74.0 Å². The van der Waals surface area contributed by atoms with Gasteiger partial charge < -0.3 is 34.5 Å². The van der Waals surface area contributed by atoms with E-state index >= 15 is 0 Å². The summed E-state index contributed by atoms with van der Waals surface area (Å²) in [6.45, 7) is 8.43. The molecule has 2 aliphatic rings. The lowest BCUT2D eigenvalue weighted by atomic mass is 10.0. The van der Waals surface area contributed by atoms with Gasteiger partial charge in [-0.05, 0) is 79.1 Å². The summed E-state index contributed by atoms with van der Waals surface area (Å²) >= 11 is 3.56. The number of nitrogens with zero attached hydrogens (tertiary/aromatic N) is 6. The highest BCUT2D eigenvalue weighted by Gasteiger charge is 2.31. The number of methoxy groups -OCH3 is 1. The van der Waals surface area contributed by atoms with E-state index in [1.165, 1.54) is 0 Å². The molecule has 2 fully saturated rings. The number of carbonyl (C=O) groups excluding carboxylic acids is 1. The first-order valence-corrected chi connectivity index (χ1v) is 19.3. The Balaban J connectivity index is 1.23. The molecule has 0 bridgehead atoms. The van der Waals surface area contributed by atoms with Crippen LogP contribution < -0.4 is 25.6 Å². The SMILES string of the molecule is CCc1cc(Nc2ncc(Br)c(Nc3cnc4ccccc4c3P(C)(C)=O)n2)c(OC)nc1N1CCC(N2CCCCOC2=O)CC1. The summed E-state index contributed by atoms with van der Waals surface area (Å²) in [4.78, 5) is 35.4. The van der Waals surface area contributed by atoms with Gasteiger partial charge in [0.25, 0.3) is 0 Å². The number of halogens is 1. The van der Waals surface area contributed by atoms with Crippen LogP contribution in [-0.4, -0.2) is 83.7 Å². The number of nitrogens with one attached hydrogen (secondary N) is 2. The van der Waals surface area contributed by atoms with Crippen molar-refractivity contribution in [2.75, 3.05) is 62.2 Å². The standard InChI is InChI=1S/C33H40BrN8O4P/c1-5-21-18-26(31(45-2)40-30(21)41-15-12-22(13-16-41)42-14-8-9-17-46-33(42)43)38-32-36-19-24(34)29(39-32)37-27-20-35-25-11-7-6-10-23(25)28(27)47(3,4)44/h6-7,10-11,18-20,22H,5,8-9,12-17H2,1-4H3,(H2,36,37,38,39). The van der Waals surface area contributed by atoms with Crippen LogP contribution in [0.2, 0.25) is 0 Å². The Bertz CT molecular complexity index is 1830. The average Bonchev–Trinajstić information content (AvgIpc) is 3.29. The molecular weight excluding hydrogens is 683 g/mol. The van der Waals surface area contributed by atoms with Crippen LogP contribution in [0.25, 0.3) is 10.9 Å². The summed E-state index contributed by atoms with van der Waals surface area (Å²) in [5.74, 6) is 2.13. The summed E-state index contributed by atoms with van der Waals surface area (Å²) in [6, 6.07) is 9.89. The van der Waals surface area contributed by atoms with Crippen LogP contribution in [0.3, 0.4) is 0 Å². The second kappa shape index (κ2) is 14.0. The number of aromatic nitrogens is 4. The molecule has 0 aliphatic carbocycles. The molecule has 1 amide bonds. The Morgan fingerprint density at radius 1 is 1.04 bits per heavy atom. The first-order valence-electron chi connectivity index (χ1n) is 15.9. The summed E-state index contributed by atoms with van der Waals surface area (Å²) < 4.78 is 25.2. The molecule has 2 N–H and O–H groups in total. The van der Waals surface area contributed by atoms with Crippen molar-refractivity contribution in [2.45, 2.75) is 45.1 Å². The number of cyclic esters (lactones) is 1. The maximum Gasteiger partial charge on any atom is 0.410 e. The molecule has 2 saturated heterocycles. The predicted molar refractivity (Wildman–Crippen MR) is 190 cm³/mol. The van der Waals surface area contributed by atoms with Crippen molar-refractivity contribution in [1.29, 1.82) is 0 Å². The summed E-state index contributed by atoms with van der Waals surface area (Å²) in [5, 5.41) is 8.20. The molecule has 3 aromatic heterocycles. The van der Waals surface area contributed by atoms with Crippen LogP contribution in [0.1, 0.15) is 38.2 Å². The lowest BCUT2D eigenvalue weighted by Gasteiger charge is -2.38. The zero-order valence-corrected chi connectivity index (χ0v) is 29.6. The van der Waals surface area contributed by atoms with Crippen LogP contribution in [0.4, 0.5) is 33.8 Å². The van der Waals surface area contributed by atoms with Gasteiger partial charge in [0, 0.05) is 42.6 Å². The second-order valence-electron chi connectivity index (χ2n) is 12.1. The first kappa shape index (κ1) is 33.0. The van der Waals surface area contributed by atoms with Gasteiger partial charge in [-0.2, -0.15) is 9.97 Å².